The molecule has 1 aliphatic rings. The fourth-order valence-electron chi connectivity index (χ4n) is 2.02. The Morgan fingerprint density at radius 1 is 1.13 bits per heavy atom. The summed E-state index contributed by atoms with van der Waals surface area (Å²) in [5.41, 5.74) is 4.23. The minimum Gasteiger partial charge on any atom is -0.376 e. The number of ether oxygens (including phenoxy) is 1. The van der Waals surface area contributed by atoms with Gasteiger partial charge in [-0.2, -0.15) is 0 Å². The highest BCUT2D eigenvalue weighted by Gasteiger charge is 2.16. The maximum Gasteiger partial charge on any atom is 0.0812 e. The predicted octanol–water partition coefficient (Wildman–Crippen LogP) is 3.49. The number of benzene rings is 1. The van der Waals surface area contributed by atoms with Crippen molar-refractivity contribution in [3.63, 3.8) is 0 Å². The second kappa shape index (κ2) is 3.80. The number of thiophene rings is 1. The Kier molecular flexibility index (Phi) is 2.31. The van der Waals surface area contributed by atoms with Crippen LogP contribution in [0, 0.1) is 0 Å². The van der Waals surface area contributed by atoms with Gasteiger partial charge in [0.2, 0.25) is 0 Å². The summed E-state index contributed by atoms with van der Waals surface area (Å²) in [6, 6.07) is 10.6. The van der Waals surface area contributed by atoms with Gasteiger partial charge in [-0.25, -0.2) is 0 Å². The van der Waals surface area contributed by atoms with Gasteiger partial charge in [-0.05, 0) is 28.5 Å². The zero-order valence-corrected chi connectivity index (χ0v) is 9.22. The average molecular weight is 216 g/mol. The van der Waals surface area contributed by atoms with Gasteiger partial charge in [0.25, 0.3) is 0 Å². The first-order valence-electron chi connectivity index (χ1n) is 5.17. The highest BCUT2D eigenvalue weighted by Crippen LogP contribution is 2.34. The van der Waals surface area contributed by atoms with Gasteiger partial charge in [-0.15, -0.1) is 11.3 Å². The third-order valence-corrected chi connectivity index (χ3v) is 3.80. The lowest BCUT2D eigenvalue weighted by atomic mass is 10.0. The molecular weight excluding hydrogens is 204 g/mol. The van der Waals surface area contributed by atoms with E-state index in [4.69, 9.17) is 4.74 Å². The van der Waals surface area contributed by atoms with Crippen LogP contribution in [0.5, 0.6) is 0 Å². The minimum atomic E-state index is 0.798. The maximum atomic E-state index is 5.46. The van der Waals surface area contributed by atoms with Crippen LogP contribution in [-0.2, 0) is 17.8 Å². The largest absolute Gasteiger partial charge is 0.376 e. The lowest BCUT2D eigenvalue weighted by molar-refractivity contribution is 0.114. The summed E-state index contributed by atoms with van der Waals surface area (Å²) >= 11 is 1.82. The SMILES string of the molecule is c1ccc(-c2csc3c2CCOC3)cc1. The quantitative estimate of drug-likeness (QED) is 0.709. The Morgan fingerprint density at radius 3 is 2.87 bits per heavy atom. The molecule has 0 saturated heterocycles. The summed E-state index contributed by atoms with van der Waals surface area (Å²) in [6.45, 7) is 1.66. The van der Waals surface area contributed by atoms with E-state index in [1.54, 1.807) is 0 Å². The smallest absolute Gasteiger partial charge is 0.0812 e. The normalized spacial score (nSPS) is 14.9. The Hall–Kier alpha value is -1.12. The maximum absolute atomic E-state index is 5.46. The van der Waals surface area contributed by atoms with E-state index in [1.165, 1.54) is 21.6 Å². The van der Waals surface area contributed by atoms with Crippen LogP contribution >= 0.6 is 11.3 Å². The highest BCUT2D eigenvalue weighted by molar-refractivity contribution is 7.10. The third-order valence-electron chi connectivity index (χ3n) is 2.80. The van der Waals surface area contributed by atoms with Crippen LogP contribution in [0.15, 0.2) is 35.7 Å². The summed E-state index contributed by atoms with van der Waals surface area (Å²) in [6.07, 6.45) is 1.06. The first kappa shape index (κ1) is 9.13. The Morgan fingerprint density at radius 2 is 2.00 bits per heavy atom. The van der Waals surface area contributed by atoms with Crippen LogP contribution in [0.25, 0.3) is 11.1 Å². The molecule has 3 rings (SSSR count). The standard InChI is InChI=1S/C13H12OS/c1-2-4-10(5-3-1)12-9-15-13-8-14-7-6-11(12)13/h1-5,9H,6-8H2. The van der Waals surface area contributed by atoms with Gasteiger partial charge in [0.15, 0.2) is 0 Å². The Balaban J connectivity index is 2.09. The van der Waals surface area contributed by atoms with Crippen molar-refractivity contribution in [1.82, 2.24) is 0 Å². The lowest BCUT2D eigenvalue weighted by Gasteiger charge is -2.13. The predicted molar refractivity (Wildman–Crippen MR) is 63.1 cm³/mol. The van der Waals surface area contributed by atoms with Crippen LogP contribution < -0.4 is 0 Å². The second-order valence-electron chi connectivity index (χ2n) is 3.72. The van der Waals surface area contributed by atoms with Crippen molar-refractivity contribution in [2.45, 2.75) is 13.0 Å². The zero-order valence-electron chi connectivity index (χ0n) is 8.40. The van der Waals surface area contributed by atoms with Crippen molar-refractivity contribution in [3.8, 4) is 11.1 Å². The molecule has 0 atom stereocenters. The number of fused-ring (bicyclic) bond motifs is 1. The topological polar surface area (TPSA) is 9.23 Å². The molecule has 0 unspecified atom stereocenters. The van der Waals surface area contributed by atoms with E-state index in [0.717, 1.165) is 19.6 Å². The zero-order chi connectivity index (χ0) is 10.1. The molecule has 1 nitrogen and oxygen atoms in total. The van der Waals surface area contributed by atoms with Crippen LogP contribution in [0.3, 0.4) is 0 Å². The molecule has 1 aromatic heterocycles. The molecule has 0 amide bonds. The molecule has 15 heavy (non-hydrogen) atoms. The average Bonchev–Trinajstić information content (AvgIpc) is 2.74. The minimum absolute atomic E-state index is 0.798. The lowest BCUT2D eigenvalue weighted by Crippen LogP contribution is -2.07. The molecule has 1 aromatic carbocycles. The van der Waals surface area contributed by atoms with E-state index in [1.807, 2.05) is 11.3 Å². The molecule has 0 N–H and O–H groups in total. The summed E-state index contributed by atoms with van der Waals surface area (Å²) in [4.78, 5) is 1.40. The van der Waals surface area contributed by atoms with Crippen LogP contribution in [0.1, 0.15) is 10.4 Å². The van der Waals surface area contributed by atoms with E-state index in [-0.39, 0.29) is 0 Å². The summed E-state index contributed by atoms with van der Waals surface area (Å²) < 4.78 is 5.46. The van der Waals surface area contributed by atoms with Gasteiger partial charge in [-0.3, -0.25) is 0 Å². The van der Waals surface area contributed by atoms with Crippen LogP contribution in [0.4, 0.5) is 0 Å². The van der Waals surface area contributed by atoms with Gasteiger partial charge in [0.05, 0.1) is 13.2 Å². The van der Waals surface area contributed by atoms with Crippen molar-refractivity contribution >= 4 is 11.3 Å². The highest BCUT2D eigenvalue weighted by atomic mass is 32.1. The molecule has 0 fully saturated rings. The molecule has 0 spiro atoms. The van der Waals surface area contributed by atoms with E-state index in [9.17, 15) is 0 Å². The fraction of sp³-hybridized carbons (Fsp3) is 0.231. The number of hydrogen-bond donors (Lipinski definition) is 0. The molecule has 0 saturated carbocycles. The molecule has 0 radical (unpaired) electrons. The van der Waals surface area contributed by atoms with Gasteiger partial charge in [-0.1, -0.05) is 30.3 Å². The molecule has 76 valence electrons. The number of rotatable bonds is 1. The van der Waals surface area contributed by atoms with Crippen molar-refractivity contribution in [1.29, 1.82) is 0 Å². The van der Waals surface area contributed by atoms with Crippen molar-refractivity contribution < 1.29 is 4.74 Å². The van der Waals surface area contributed by atoms with Crippen molar-refractivity contribution in [2.75, 3.05) is 6.61 Å². The van der Waals surface area contributed by atoms with Crippen LogP contribution in [0.2, 0.25) is 0 Å². The summed E-state index contributed by atoms with van der Waals surface area (Å²) in [5, 5.41) is 2.26. The molecule has 2 aromatic rings. The Bertz CT molecular complexity index is 459. The number of hydrogen-bond acceptors (Lipinski definition) is 2. The van der Waals surface area contributed by atoms with E-state index in [2.05, 4.69) is 35.7 Å². The summed E-state index contributed by atoms with van der Waals surface area (Å²) in [7, 11) is 0. The fourth-order valence-corrected chi connectivity index (χ4v) is 3.06. The summed E-state index contributed by atoms with van der Waals surface area (Å²) in [5.74, 6) is 0. The first-order valence-corrected chi connectivity index (χ1v) is 6.05. The van der Waals surface area contributed by atoms with Gasteiger partial charge in [0, 0.05) is 4.88 Å². The van der Waals surface area contributed by atoms with Crippen LogP contribution in [-0.4, -0.2) is 6.61 Å². The Labute approximate surface area is 93.3 Å². The van der Waals surface area contributed by atoms with Gasteiger partial charge < -0.3 is 4.74 Å². The van der Waals surface area contributed by atoms with E-state index in [0.29, 0.717) is 0 Å². The first-order chi connectivity index (χ1) is 7.45. The molecule has 2 heteroatoms. The van der Waals surface area contributed by atoms with Gasteiger partial charge in [0.1, 0.15) is 0 Å². The third kappa shape index (κ3) is 1.60. The molecule has 0 bridgehead atoms. The molecule has 1 aliphatic heterocycles. The van der Waals surface area contributed by atoms with E-state index < -0.39 is 0 Å². The second-order valence-corrected chi connectivity index (χ2v) is 4.68. The van der Waals surface area contributed by atoms with E-state index >= 15 is 0 Å². The van der Waals surface area contributed by atoms with Crippen molar-refractivity contribution in [2.24, 2.45) is 0 Å². The monoisotopic (exact) mass is 216 g/mol. The van der Waals surface area contributed by atoms with Crippen molar-refractivity contribution in [3.05, 3.63) is 46.2 Å². The molecular formula is C13H12OS. The molecule has 2 heterocycles. The van der Waals surface area contributed by atoms with Gasteiger partial charge >= 0.3 is 0 Å². The molecule has 0 aliphatic carbocycles.